The zero-order valence-electron chi connectivity index (χ0n) is 14.9. The molecule has 2 amide bonds. The Hall–Kier alpha value is -2.45. The van der Waals surface area contributed by atoms with Gasteiger partial charge >= 0.3 is 0 Å². The van der Waals surface area contributed by atoms with Gasteiger partial charge in [-0.2, -0.15) is 0 Å². The number of nitrogens with zero attached hydrogens (tertiary/aromatic N) is 3. The zero-order chi connectivity index (χ0) is 17.9. The van der Waals surface area contributed by atoms with Crippen LogP contribution in [0, 0.1) is 5.92 Å². The monoisotopic (exact) mass is 390 g/mol. The summed E-state index contributed by atoms with van der Waals surface area (Å²) in [6, 6.07) is 7.41. The topological polar surface area (TPSA) is 101 Å². The summed E-state index contributed by atoms with van der Waals surface area (Å²) in [7, 11) is 0. The molecule has 1 saturated heterocycles. The van der Waals surface area contributed by atoms with Crippen LogP contribution in [0.1, 0.15) is 42.2 Å². The van der Waals surface area contributed by atoms with Gasteiger partial charge in [-0.05, 0) is 57.0 Å². The van der Waals surface area contributed by atoms with Gasteiger partial charge in [0.2, 0.25) is 5.91 Å². The Morgan fingerprint density at radius 1 is 1.07 bits per heavy atom. The Labute approximate surface area is 163 Å². The number of piperidine rings is 1. The van der Waals surface area contributed by atoms with E-state index in [4.69, 9.17) is 0 Å². The summed E-state index contributed by atoms with van der Waals surface area (Å²) in [6.07, 6.45) is 5.56. The van der Waals surface area contributed by atoms with E-state index in [0.717, 1.165) is 38.8 Å². The van der Waals surface area contributed by atoms with Gasteiger partial charge < -0.3 is 16.0 Å². The largest absolute Gasteiger partial charge is 0.326 e. The number of carbonyl (C=O) groups excluding carboxylic acids is 2. The Balaban J connectivity index is 0.00000210. The first kappa shape index (κ1) is 19.3. The van der Waals surface area contributed by atoms with E-state index in [-0.39, 0.29) is 41.9 Å². The number of hydrogen-bond donors (Lipinski definition) is 3. The summed E-state index contributed by atoms with van der Waals surface area (Å²) in [4.78, 5) is 24.3. The number of hydrogen-bond acceptors (Lipinski definition) is 5. The van der Waals surface area contributed by atoms with Gasteiger partial charge in [0, 0.05) is 17.3 Å². The first-order valence-corrected chi connectivity index (χ1v) is 9.04. The van der Waals surface area contributed by atoms with Crippen molar-refractivity contribution in [3.8, 4) is 0 Å². The minimum absolute atomic E-state index is 0. The molecule has 1 aromatic carbocycles. The normalized spacial score (nSPS) is 17.0. The smallest absolute Gasteiger partial charge is 0.277 e. The maximum atomic E-state index is 12.4. The number of aromatic nitrogens is 3. The van der Waals surface area contributed by atoms with Crippen molar-refractivity contribution in [1.82, 2.24) is 20.3 Å². The minimum atomic E-state index is -0.309. The van der Waals surface area contributed by atoms with Crippen LogP contribution in [0.4, 0.5) is 11.4 Å². The van der Waals surface area contributed by atoms with Gasteiger partial charge in [0.05, 0.1) is 12.2 Å². The molecule has 4 rings (SSSR count). The molecule has 0 unspecified atom stereocenters. The van der Waals surface area contributed by atoms with E-state index >= 15 is 0 Å². The van der Waals surface area contributed by atoms with E-state index in [1.54, 1.807) is 29.1 Å². The second kappa shape index (κ2) is 8.49. The number of rotatable bonds is 5. The molecule has 27 heavy (non-hydrogen) atoms. The maximum Gasteiger partial charge on any atom is 0.277 e. The Morgan fingerprint density at radius 2 is 1.78 bits per heavy atom. The van der Waals surface area contributed by atoms with E-state index in [2.05, 4.69) is 26.3 Å². The van der Waals surface area contributed by atoms with Crippen molar-refractivity contribution in [2.24, 2.45) is 5.92 Å². The lowest BCUT2D eigenvalue weighted by Crippen LogP contribution is -2.29. The van der Waals surface area contributed by atoms with Crippen LogP contribution in [0.3, 0.4) is 0 Å². The molecule has 1 saturated carbocycles. The third-order valence-corrected chi connectivity index (χ3v) is 4.76. The highest BCUT2D eigenvalue weighted by Gasteiger charge is 2.29. The highest BCUT2D eigenvalue weighted by atomic mass is 35.5. The summed E-state index contributed by atoms with van der Waals surface area (Å²) in [5.41, 5.74) is 1.58. The molecular formula is C18H23ClN6O2. The summed E-state index contributed by atoms with van der Waals surface area (Å²) in [5.74, 6) is -0.132. The molecule has 2 aromatic rings. The summed E-state index contributed by atoms with van der Waals surface area (Å²) in [5, 5.41) is 17.1. The van der Waals surface area contributed by atoms with Crippen LogP contribution in [0.2, 0.25) is 0 Å². The molecule has 2 fully saturated rings. The molecule has 0 radical (unpaired) electrons. The van der Waals surface area contributed by atoms with Gasteiger partial charge in [0.15, 0.2) is 5.69 Å². The van der Waals surface area contributed by atoms with Gasteiger partial charge in [0.1, 0.15) is 0 Å². The molecule has 0 atom stereocenters. The van der Waals surface area contributed by atoms with E-state index in [0.29, 0.717) is 11.4 Å². The standard InChI is InChI=1S/C18H22N6O2.ClH/c25-17(12-4-5-12)20-13-2-1-3-14(10-13)21-18(26)16-11-24(23-22-16)15-6-8-19-9-7-15;/h1-3,10-12,15,19H,4-9H2,(H,20,25)(H,21,26);1H. The van der Waals surface area contributed by atoms with Crippen molar-refractivity contribution < 1.29 is 9.59 Å². The second-order valence-electron chi connectivity index (χ2n) is 6.86. The molecule has 2 heterocycles. The quantitative estimate of drug-likeness (QED) is 0.726. The minimum Gasteiger partial charge on any atom is -0.326 e. The lowest BCUT2D eigenvalue weighted by atomic mass is 10.1. The Kier molecular flexibility index (Phi) is 6.08. The molecule has 1 aromatic heterocycles. The number of benzene rings is 1. The molecule has 0 spiro atoms. The van der Waals surface area contributed by atoms with Crippen LogP contribution >= 0.6 is 12.4 Å². The molecule has 1 aliphatic carbocycles. The highest BCUT2D eigenvalue weighted by Crippen LogP contribution is 2.30. The highest BCUT2D eigenvalue weighted by molar-refractivity contribution is 6.03. The number of halogens is 1. The summed E-state index contributed by atoms with van der Waals surface area (Å²) < 4.78 is 1.78. The molecule has 3 N–H and O–H groups in total. The van der Waals surface area contributed by atoms with E-state index < -0.39 is 0 Å². The average molecular weight is 391 g/mol. The average Bonchev–Trinajstić information content (AvgIpc) is 3.39. The Bertz CT molecular complexity index is 814. The number of nitrogens with one attached hydrogen (secondary N) is 3. The molecule has 144 valence electrons. The molecular weight excluding hydrogens is 368 g/mol. The SMILES string of the molecule is Cl.O=C(Nc1cccc(NC(=O)C2CC2)c1)c1cn(C2CCNCC2)nn1. The number of anilines is 2. The van der Waals surface area contributed by atoms with Gasteiger partial charge in [-0.15, -0.1) is 17.5 Å². The van der Waals surface area contributed by atoms with Crippen LogP contribution < -0.4 is 16.0 Å². The fourth-order valence-electron chi connectivity index (χ4n) is 3.09. The van der Waals surface area contributed by atoms with Crippen LogP contribution in [0.15, 0.2) is 30.5 Å². The molecule has 0 bridgehead atoms. The third kappa shape index (κ3) is 4.84. The van der Waals surface area contributed by atoms with Gasteiger partial charge in [0.25, 0.3) is 5.91 Å². The van der Waals surface area contributed by atoms with Crippen LogP contribution in [-0.4, -0.2) is 39.9 Å². The first-order valence-electron chi connectivity index (χ1n) is 9.04. The van der Waals surface area contributed by atoms with Crippen molar-refractivity contribution in [2.45, 2.75) is 31.7 Å². The van der Waals surface area contributed by atoms with Crippen LogP contribution in [0.25, 0.3) is 0 Å². The van der Waals surface area contributed by atoms with Gasteiger partial charge in [-0.25, -0.2) is 4.68 Å². The first-order chi connectivity index (χ1) is 12.7. The fourth-order valence-corrected chi connectivity index (χ4v) is 3.09. The van der Waals surface area contributed by atoms with Gasteiger partial charge in [-0.1, -0.05) is 11.3 Å². The molecule has 9 heteroatoms. The fraction of sp³-hybridized carbons (Fsp3) is 0.444. The molecule has 2 aliphatic rings. The molecule has 1 aliphatic heterocycles. The van der Waals surface area contributed by atoms with Crippen molar-refractivity contribution in [1.29, 1.82) is 0 Å². The van der Waals surface area contributed by atoms with Crippen LogP contribution in [0.5, 0.6) is 0 Å². The second-order valence-corrected chi connectivity index (χ2v) is 6.86. The predicted octanol–water partition coefficient (Wildman–Crippen LogP) is 2.23. The lowest BCUT2D eigenvalue weighted by Gasteiger charge is -2.22. The van der Waals surface area contributed by atoms with Crippen molar-refractivity contribution in [3.63, 3.8) is 0 Å². The summed E-state index contributed by atoms with van der Waals surface area (Å²) in [6.45, 7) is 1.90. The van der Waals surface area contributed by atoms with Crippen molar-refractivity contribution in [2.75, 3.05) is 23.7 Å². The van der Waals surface area contributed by atoms with E-state index in [1.807, 2.05) is 6.07 Å². The number of amides is 2. The molecule has 8 nitrogen and oxygen atoms in total. The maximum absolute atomic E-state index is 12.4. The van der Waals surface area contributed by atoms with E-state index in [1.165, 1.54) is 0 Å². The van der Waals surface area contributed by atoms with Gasteiger partial charge in [-0.3, -0.25) is 9.59 Å². The van der Waals surface area contributed by atoms with Crippen molar-refractivity contribution in [3.05, 3.63) is 36.2 Å². The predicted molar refractivity (Wildman–Crippen MR) is 104 cm³/mol. The van der Waals surface area contributed by atoms with Crippen LogP contribution in [-0.2, 0) is 4.79 Å². The van der Waals surface area contributed by atoms with Crippen molar-refractivity contribution >= 4 is 35.6 Å². The van der Waals surface area contributed by atoms with E-state index in [9.17, 15) is 9.59 Å². The Morgan fingerprint density at radius 3 is 2.48 bits per heavy atom. The zero-order valence-corrected chi connectivity index (χ0v) is 15.7. The lowest BCUT2D eigenvalue weighted by molar-refractivity contribution is -0.117. The number of carbonyl (C=O) groups is 2. The third-order valence-electron chi connectivity index (χ3n) is 4.76. The summed E-state index contributed by atoms with van der Waals surface area (Å²) >= 11 is 0.